The molecule has 0 aliphatic rings. The van der Waals surface area contributed by atoms with Crippen molar-refractivity contribution >= 4 is 15.9 Å². The quantitative estimate of drug-likeness (QED) is 0.906. The van der Waals surface area contributed by atoms with Crippen molar-refractivity contribution in [3.63, 3.8) is 0 Å². The van der Waals surface area contributed by atoms with E-state index in [9.17, 15) is 0 Å². The lowest BCUT2D eigenvalue weighted by Crippen LogP contribution is -2.11. The summed E-state index contributed by atoms with van der Waals surface area (Å²) in [6.07, 6.45) is 0.893. The average Bonchev–Trinajstić information content (AvgIpc) is 2.21. The number of hydrogen-bond acceptors (Lipinski definition) is 3. The zero-order chi connectivity index (χ0) is 12.1. The Kier molecular flexibility index (Phi) is 5.09. The third kappa shape index (κ3) is 3.39. The second-order valence-electron chi connectivity index (χ2n) is 3.80. The summed E-state index contributed by atoms with van der Waals surface area (Å²) in [5.74, 6) is 1.54. The van der Waals surface area contributed by atoms with Gasteiger partial charge < -0.3 is 15.2 Å². The molecule has 2 N–H and O–H groups in total. The maximum atomic E-state index is 5.77. The van der Waals surface area contributed by atoms with Gasteiger partial charge in [-0.1, -0.05) is 15.9 Å². The molecule has 16 heavy (non-hydrogen) atoms. The van der Waals surface area contributed by atoms with Crippen molar-refractivity contribution in [1.29, 1.82) is 0 Å². The first kappa shape index (κ1) is 13.3. The van der Waals surface area contributed by atoms with Gasteiger partial charge in [0.2, 0.25) is 0 Å². The van der Waals surface area contributed by atoms with Gasteiger partial charge in [-0.15, -0.1) is 0 Å². The van der Waals surface area contributed by atoms with E-state index in [1.807, 2.05) is 26.0 Å². The van der Waals surface area contributed by atoms with E-state index >= 15 is 0 Å². The molecule has 0 aliphatic heterocycles. The van der Waals surface area contributed by atoms with Crippen LogP contribution in [0.25, 0.3) is 0 Å². The number of benzene rings is 1. The highest BCUT2D eigenvalue weighted by Gasteiger charge is 2.13. The van der Waals surface area contributed by atoms with Crippen LogP contribution in [0.5, 0.6) is 11.5 Å². The van der Waals surface area contributed by atoms with Crippen molar-refractivity contribution in [3.05, 3.63) is 22.2 Å². The maximum absolute atomic E-state index is 5.77. The van der Waals surface area contributed by atoms with Gasteiger partial charge in [0.1, 0.15) is 0 Å². The van der Waals surface area contributed by atoms with E-state index in [1.54, 1.807) is 7.11 Å². The van der Waals surface area contributed by atoms with Gasteiger partial charge >= 0.3 is 0 Å². The smallest absolute Gasteiger partial charge is 0.164 e. The van der Waals surface area contributed by atoms with Crippen molar-refractivity contribution in [1.82, 2.24) is 0 Å². The van der Waals surface area contributed by atoms with Crippen LogP contribution in [0.1, 0.15) is 19.4 Å². The molecule has 0 aliphatic carbocycles. The van der Waals surface area contributed by atoms with Crippen LogP contribution in [0.2, 0.25) is 0 Å². The van der Waals surface area contributed by atoms with Crippen LogP contribution in [0.15, 0.2) is 16.6 Å². The SMILES string of the molecule is COc1cc(Br)cc(CCN)c1OC(C)C. The number of hydrogen-bond donors (Lipinski definition) is 1. The second-order valence-corrected chi connectivity index (χ2v) is 4.72. The van der Waals surface area contributed by atoms with Crippen LogP contribution in [0.4, 0.5) is 0 Å². The van der Waals surface area contributed by atoms with Crippen LogP contribution in [-0.2, 0) is 6.42 Å². The van der Waals surface area contributed by atoms with Crippen molar-refractivity contribution < 1.29 is 9.47 Å². The van der Waals surface area contributed by atoms with Gasteiger partial charge in [-0.3, -0.25) is 0 Å². The standard InChI is InChI=1S/C12H18BrNO2/c1-8(2)16-12-9(4-5-14)6-10(13)7-11(12)15-3/h6-8H,4-5,14H2,1-3H3. The van der Waals surface area contributed by atoms with Gasteiger partial charge in [-0.2, -0.15) is 0 Å². The molecule has 0 fully saturated rings. The van der Waals surface area contributed by atoms with Gasteiger partial charge in [-0.05, 0) is 38.9 Å². The molecule has 3 nitrogen and oxygen atoms in total. The Morgan fingerprint density at radius 3 is 2.56 bits per heavy atom. The molecule has 0 saturated carbocycles. The van der Waals surface area contributed by atoms with E-state index < -0.39 is 0 Å². The lowest BCUT2D eigenvalue weighted by molar-refractivity contribution is 0.227. The van der Waals surface area contributed by atoms with Crippen LogP contribution < -0.4 is 15.2 Å². The zero-order valence-corrected chi connectivity index (χ0v) is 11.5. The summed E-state index contributed by atoms with van der Waals surface area (Å²) in [6, 6.07) is 3.92. The minimum absolute atomic E-state index is 0.117. The topological polar surface area (TPSA) is 44.5 Å². The Morgan fingerprint density at radius 2 is 2.06 bits per heavy atom. The molecule has 1 aromatic carbocycles. The fourth-order valence-corrected chi connectivity index (χ4v) is 1.97. The third-order valence-electron chi connectivity index (χ3n) is 2.08. The van der Waals surface area contributed by atoms with Crippen molar-refractivity contribution in [3.8, 4) is 11.5 Å². The van der Waals surface area contributed by atoms with E-state index in [1.165, 1.54) is 0 Å². The molecule has 90 valence electrons. The number of methoxy groups -OCH3 is 1. The van der Waals surface area contributed by atoms with Gasteiger partial charge in [0.05, 0.1) is 13.2 Å². The first-order chi connectivity index (χ1) is 7.58. The Labute approximate surface area is 105 Å². The molecule has 0 unspecified atom stereocenters. The minimum atomic E-state index is 0.117. The highest BCUT2D eigenvalue weighted by molar-refractivity contribution is 9.10. The Hall–Kier alpha value is -0.740. The molecular formula is C12H18BrNO2. The van der Waals surface area contributed by atoms with Gasteiger partial charge in [0.25, 0.3) is 0 Å². The molecule has 0 radical (unpaired) electrons. The van der Waals surface area contributed by atoms with Crippen LogP contribution in [-0.4, -0.2) is 19.8 Å². The summed E-state index contributed by atoms with van der Waals surface area (Å²) in [6.45, 7) is 4.58. The molecule has 0 atom stereocenters. The fraction of sp³-hybridized carbons (Fsp3) is 0.500. The van der Waals surface area contributed by atoms with Crippen molar-refractivity contribution in [2.45, 2.75) is 26.4 Å². The number of halogens is 1. The van der Waals surface area contributed by atoms with Crippen LogP contribution in [0.3, 0.4) is 0 Å². The minimum Gasteiger partial charge on any atom is -0.493 e. The molecule has 0 amide bonds. The van der Waals surface area contributed by atoms with E-state index in [-0.39, 0.29) is 6.10 Å². The highest BCUT2D eigenvalue weighted by atomic mass is 79.9. The summed E-state index contributed by atoms with van der Waals surface area (Å²) in [7, 11) is 1.64. The summed E-state index contributed by atoms with van der Waals surface area (Å²) >= 11 is 3.45. The summed E-state index contributed by atoms with van der Waals surface area (Å²) in [5, 5.41) is 0. The van der Waals surface area contributed by atoms with Crippen molar-refractivity contribution in [2.24, 2.45) is 5.73 Å². The van der Waals surface area contributed by atoms with Gasteiger partial charge in [-0.25, -0.2) is 0 Å². The van der Waals surface area contributed by atoms with E-state index in [2.05, 4.69) is 15.9 Å². The maximum Gasteiger partial charge on any atom is 0.164 e. The lowest BCUT2D eigenvalue weighted by atomic mass is 10.1. The molecule has 4 heteroatoms. The Balaban J connectivity index is 3.15. The molecular weight excluding hydrogens is 270 g/mol. The Bertz CT molecular complexity index is 353. The van der Waals surface area contributed by atoms with E-state index in [0.29, 0.717) is 6.54 Å². The number of ether oxygens (including phenoxy) is 2. The molecule has 0 bridgehead atoms. The highest BCUT2D eigenvalue weighted by Crippen LogP contribution is 2.35. The Morgan fingerprint density at radius 1 is 1.38 bits per heavy atom. The average molecular weight is 288 g/mol. The number of nitrogens with two attached hydrogens (primary N) is 1. The predicted molar refractivity (Wildman–Crippen MR) is 69.2 cm³/mol. The first-order valence-electron chi connectivity index (χ1n) is 5.31. The summed E-state index contributed by atoms with van der Waals surface area (Å²) in [4.78, 5) is 0. The third-order valence-corrected chi connectivity index (χ3v) is 2.54. The molecule has 0 spiro atoms. The molecule has 1 rings (SSSR count). The summed E-state index contributed by atoms with van der Waals surface area (Å²) in [5.41, 5.74) is 6.66. The normalized spacial score (nSPS) is 10.6. The lowest BCUT2D eigenvalue weighted by Gasteiger charge is -2.17. The molecule has 1 aromatic rings. The molecule has 0 aromatic heterocycles. The predicted octanol–water partition coefficient (Wildman–Crippen LogP) is 2.75. The monoisotopic (exact) mass is 287 g/mol. The molecule has 0 saturated heterocycles. The van der Waals surface area contributed by atoms with Crippen LogP contribution >= 0.6 is 15.9 Å². The van der Waals surface area contributed by atoms with Crippen LogP contribution in [0, 0.1) is 0 Å². The second kappa shape index (κ2) is 6.11. The first-order valence-corrected chi connectivity index (χ1v) is 6.11. The van der Waals surface area contributed by atoms with Crippen molar-refractivity contribution in [2.75, 3.05) is 13.7 Å². The molecule has 0 heterocycles. The van der Waals surface area contributed by atoms with E-state index in [0.717, 1.165) is 28.0 Å². The largest absolute Gasteiger partial charge is 0.493 e. The van der Waals surface area contributed by atoms with Gasteiger partial charge in [0.15, 0.2) is 11.5 Å². The van der Waals surface area contributed by atoms with Gasteiger partial charge in [0, 0.05) is 10.0 Å². The van der Waals surface area contributed by atoms with E-state index in [4.69, 9.17) is 15.2 Å². The zero-order valence-electron chi connectivity index (χ0n) is 9.92. The number of rotatable bonds is 5. The fourth-order valence-electron chi connectivity index (χ4n) is 1.48. The summed E-state index contributed by atoms with van der Waals surface area (Å²) < 4.78 is 12.1.